The molecule has 2 heteroatoms. The third-order valence-corrected chi connectivity index (χ3v) is 5.36. The number of nitrogens with one attached hydrogen (secondary N) is 1. The van der Waals surface area contributed by atoms with Crippen molar-refractivity contribution in [2.45, 2.75) is 53.4 Å². The molecule has 108 valence electrons. The molecule has 1 saturated carbocycles. The average molecular weight is 272 g/mol. The molecule has 1 aliphatic rings. The maximum Gasteiger partial charge on any atom is -0.00180 e. The van der Waals surface area contributed by atoms with E-state index in [1.165, 1.54) is 38.0 Å². The van der Waals surface area contributed by atoms with E-state index in [1.807, 2.05) is 11.8 Å². The van der Waals surface area contributed by atoms with Gasteiger partial charge in [-0.15, -0.1) is 0 Å². The Balaban J connectivity index is 2.54. The SMILES string of the molecule is CCNCC1CCC(C(C)(C)C)CC1CCSC. The first-order chi connectivity index (χ1) is 8.49. The van der Waals surface area contributed by atoms with E-state index in [2.05, 4.69) is 39.3 Å². The van der Waals surface area contributed by atoms with Crippen molar-refractivity contribution in [3.63, 3.8) is 0 Å². The lowest BCUT2D eigenvalue weighted by Crippen LogP contribution is -2.37. The van der Waals surface area contributed by atoms with Crippen molar-refractivity contribution in [3.8, 4) is 0 Å². The van der Waals surface area contributed by atoms with Crippen LogP contribution in [0.1, 0.15) is 53.4 Å². The molecule has 3 unspecified atom stereocenters. The van der Waals surface area contributed by atoms with E-state index in [1.54, 1.807) is 0 Å². The standard InChI is InChI=1S/C16H33NS/c1-6-17-12-14-7-8-15(16(2,3)4)11-13(14)9-10-18-5/h13-15,17H,6-12H2,1-5H3. The zero-order valence-electron chi connectivity index (χ0n) is 13.1. The van der Waals surface area contributed by atoms with E-state index in [9.17, 15) is 0 Å². The van der Waals surface area contributed by atoms with Crippen LogP contribution in [-0.4, -0.2) is 25.1 Å². The van der Waals surface area contributed by atoms with Crippen LogP contribution in [-0.2, 0) is 0 Å². The lowest BCUT2D eigenvalue weighted by atomic mass is 9.65. The van der Waals surface area contributed by atoms with Crippen LogP contribution < -0.4 is 5.32 Å². The molecular weight excluding hydrogens is 238 g/mol. The van der Waals surface area contributed by atoms with Gasteiger partial charge in [0.25, 0.3) is 0 Å². The van der Waals surface area contributed by atoms with Gasteiger partial charge in [0.05, 0.1) is 0 Å². The largest absolute Gasteiger partial charge is 0.317 e. The Morgan fingerprint density at radius 3 is 2.44 bits per heavy atom. The third kappa shape index (κ3) is 5.13. The van der Waals surface area contributed by atoms with E-state index in [-0.39, 0.29) is 0 Å². The highest BCUT2D eigenvalue weighted by atomic mass is 32.2. The third-order valence-electron chi connectivity index (χ3n) is 4.71. The minimum absolute atomic E-state index is 0.501. The molecule has 0 aromatic rings. The summed E-state index contributed by atoms with van der Waals surface area (Å²) in [5.41, 5.74) is 0.501. The molecular formula is C16H33NS. The van der Waals surface area contributed by atoms with Gasteiger partial charge in [-0.05, 0) is 74.0 Å². The molecule has 0 aromatic carbocycles. The Kier molecular flexibility index (Phi) is 7.08. The van der Waals surface area contributed by atoms with Crippen molar-refractivity contribution in [2.24, 2.45) is 23.2 Å². The summed E-state index contributed by atoms with van der Waals surface area (Å²) in [5, 5.41) is 3.57. The van der Waals surface area contributed by atoms with Crippen molar-refractivity contribution < 1.29 is 0 Å². The minimum atomic E-state index is 0.501. The zero-order valence-corrected chi connectivity index (χ0v) is 13.9. The van der Waals surface area contributed by atoms with Gasteiger partial charge in [-0.2, -0.15) is 11.8 Å². The quantitative estimate of drug-likeness (QED) is 0.767. The highest BCUT2D eigenvalue weighted by molar-refractivity contribution is 7.98. The Morgan fingerprint density at radius 1 is 1.17 bits per heavy atom. The van der Waals surface area contributed by atoms with Gasteiger partial charge >= 0.3 is 0 Å². The molecule has 18 heavy (non-hydrogen) atoms. The topological polar surface area (TPSA) is 12.0 Å². The fraction of sp³-hybridized carbons (Fsp3) is 1.00. The molecule has 0 radical (unpaired) electrons. The summed E-state index contributed by atoms with van der Waals surface area (Å²) in [5.74, 6) is 4.15. The fourth-order valence-corrected chi connectivity index (χ4v) is 3.87. The van der Waals surface area contributed by atoms with E-state index in [4.69, 9.17) is 0 Å². The van der Waals surface area contributed by atoms with E-state index in [0.717, 1.165) is 24.3 Å². The zero-order chi connectivity index (χ0) is 13.6. The Hall–Kier alpha value is 0.310. The number of rotatable bonds is 6. The molecule has 0 heterocycles. The summed E-state index contributed by atoms with van der Waals surface area (Å²) in [6.07, 6.45) is 8.00. The van der Waals surface area contributed by atoms with Gasteiger partial charge in [0.1, 0.15) is 0 Å². The first kappa shape index (κ1) is 16.4. The average Bonchev–Trinajstić information content (AvgIpc) is 2.33. The van der Waals surface area contributed by atoms with Crippen LogP contribution in [0.25, 0.3) is 0 Å². The molecule has 3 atom stereocenters. The molecule has 1 fully saturated rings. The molecule has 0 spiro atoms. The van der Waals surface area contributed by atoms with Gasteiger partial charge in [-0.1, -0.05) is 27.7 Å². The first-order valence-corrected chi connectivity index (χ1v) is 9.08. The van der Waals surface area contributed by atoms with Crippen LogP contribution in [0.15, 0.2) is 0 Å². The molecule has 0 saturated heterocycles. The monoisotopic (exact) mass is 271 g/mol. The van der Waals surface area contributed by atoms with Gasteiger partial charge in [0, 0.05) is 0 Å². The molecule has 1 rings (SSSR count). The van der Waals surface area contributed by atoms with Gasteiger partial charge in [0.2, 0.25) is 0 Å². The lowest BCUT2D eigenvalue weighted by molar-refractivity contribution is 0.0959. The number of hydrogen-bond acceptors (Lipinski definition) is 2. The second kappa shape index (κ2) is 7.79. The van der Waals surface area contributed by atoms with Gasteiger partial charge in [0.15, 0.2) is 0 Å². The summed E-state index contributed by atoms with van der Waals surface area (Å²) in [6.45, 7) is 11.9. The molecule has 0 aliphatic heterocycles. The molecule has 1 N–H and O–H groups in total. The molecule has 0 aromatic heterocycles. The van der Waals surface area contributed by atoms with E-state index < -0.39 is 0 Å². The highest BCUT2D eigenvalue weighted by Crippen LogP contribution is 2.43. The highest BCUT2D eigenvalue weighted by Gasteiger charge is 2.35. The van der Waals surface area contributed by atoms with E-state index >= 15 is 0 Å². The van der Waals surface area contributed by atoms with Crippen LogP contribution >= 0.6 is 11.8 Å². The Bertz CT molecular complexity index is 222. The predicted octanol–water partition coefficient (Wildman–Crippen LogP) is 4.43. The second-order valence-corrected chi connectivity index (χ2v) is 7.97. The summed E-state index contributed by atoms with van der Waals surface area (Å²) in [4.78, 5) is 0. The molecule has 1 aliphatic carbocycles. The van der Waals surface area contributed by atoms with Crippen LogP contribution in [0.3, 0.4) is 0 Å². The van der Waals surface area contributed by atoms with Crippen LogP contribution in [0.2, 0.25) is 0 Å². The van der Waals surface area contributed by atoms with Crippen molar-refractivity contribution in [3.05, 3.63) is 0 Å². The van der Waals surface area contributed by atoms with Crippen LogP contribution in [0.4, 0.5) is 0 Å². The number of hydrogen-bond donors (Lipinski definition) is 1. The maximum atomic E-state index is 3.57. The van der Waals surface area contributed by atoms with Crippen molar-refractivity contribution in [1.29, 1.82) is 0 Å². The predicted molar refractivity (Wildman–Crippen MR) is 85.3 cm³/mol. The van der Waals surface area contributed by atoms with E-state index in [0.29, 0.717) is 5.41 Å². The Labute approximate surface area is 119 Å². The fourth-order valence-electron chi connectivity index (χ4n) is 3.33. The van der Waals surface area contributed by atoms with Crippen molar-refractivity contribution >= 4 is 11.8 Å². The summed E-state index contributed by atoms with van der Waals surface area (Å²) in [7, 11) is 0. The Morgan fingerprint density at radius 2 is 1.89 bits per heavy atom. The summed E-state index contributed by atoms with van der Waals surface area (Å²) < 4.78 is 0. The maximum absolute atomic E-state index is 3.57. The minimum Gasteiger partial charge on any atom is -0.317 e. The summed E-state index contributed by atoms with van der Waals surface area (Å²) >= 11 is 2.01. The normalized spacial score (nSPS) is 29.5. The smallest absolute Gasteiger partial charge is 0.00180 e. The number of thioether (sulfide) groups is 1. The molecule has 0 bridgehead atoms. The van der Waals surface area contributed by atoms with Crippen LogP contribution in [0, 0.1) is 23.2 Å². The van der Waals surface area contributed by atoms with Gasteiger partial charge in [-0.3, -0.25) is 0 Å². The van der Waals surface area contributed by atoms with Gasteiger partial charge in [-0.25, -0.2) is 0 Å². The van der Waals surface area contributed by atoms with Crippen LogP contribution in [0.5, 0.6) is 0 Å². The first-order valence-electron chi connectivity index (χ1n) is 7.68. The van der Waals surface area contributed by atoms with Gasteiger partial charge < -0.3 is 5.32 Å². The molecule has 1 nitrogen and oxygen atoms in total. The lowest BCUT2D eigenvalue weighted by Gasteiger charge is -2.42. The second-order valence-electron chi connectivity index (χ2n) is 6.99. The molecule has 0 amide bonds. The van der Waals surface area contributed by atoms with Crippen molar-refractivity contribution in [2.75, 3.05) is 25.1 Å². The summed E-state index contributed by atoms with van der Waals surface area (Å²) in [6, 6.07) is 0. The van der Waals surface area contributed by atoms with Crippen molar-refractivity contribution in [1.82, 2.24) is 5.32 Å².